The molecule has 1 heterocycles. The Morgan fingerprint density at radius 2 is 1.95 bits per heavy atom. The molecule has 0 aliphatic carbocycles. The highest BCUT2D eigenvalue weighted by atomic mass is 35.5. The van der Waals surface area contributed by atoms with E-state index in [1.165, 1.54) is 25.3 Å². The first-order valence-electron chi connectivity index (χ1n) is 5.36. The van der Waals surface area contributed by atoms with Gasteiger partial charge in [0.05, 0.1) is 30.2 Å². The molecule has 20 heavy (non-hydrogen) atoms. The predicted molar refractivity (Wildman–Crippen MR) is 75.3 cm³/mol. The summed E-state index contributed by atoms with van der Waals surface area (Å²) in [5, 5.41) is 0.381. The van der Waals surface area contributed by atoms with Gasteiger partial charge in [-0.05, 0) is 12.1 Å². The molecule has 0 fully saturated rings. The van der Waals surface area contributed by atoms with Crippen LogP contribution in [0.1, 0.15) is 0 Å². The Labute approximate surface area is 120 Å². The number of aromatic nitrogens is 2. The van der Waals surface area contributed by atoms with E-state index in [1.807, 2.05) is 0 Å². The van der Waals surface area contributed by atoms with Crippen molar-refractivity contribution in [3.63, 3.8) is 0 Å². The number of halogens is 1. The fraction of sp³-hybridized carbons (Fsp3) is 0.0909. The van der Waals surface area contributed by atoms with Crippen LogP contribution in [0.15, 0.2) is 35.5 Å². The largest absolute Gasteiger partial charge is 0.495 e. The number of hydrogen-bond donors (Lipinski definition) is 2. The Morgan fingerprint density at radius 1 is 1.30 bits per heavy atom. The lowest BCUT2D eigenvalue weighted by Crippen LogP contribution is -2.14. The summed E-state index contributed by atoms with van der Waals surface area (Å²) in [5.74, 6) is 0.359. The molecule has 106 valence electrons. The molecule has 0 spiro atoms. The minimum atomic E-state index is -3.80. The Bertz CT molecular complexity index is 719. The number of nitrogens with two attached hydrogens (primary N) is 1. The van der Waals surface area contributed by atoms with Crippen LogP contribution in [-0.4, -0.2) is 25.5 Å². The molecule has 0 amide bonds. The van der Waals surface area contributed by atoms with Crippen LogP contribution in [0.4, 0.5) is 11.6 Å². The summed E-state index contributed by atoms with van der Waals surface area (Å²) < 4.78 is 31.6. The number of sulfonamides is 1. The monoisotopic (exact) mass is 314 g/mol. The van der Waals surface area contributed by atoms with Crippen LogP contribution in [0.3, 0.4) is 0 Å². The maximum Gasteiger partial charge on any atom is 0.264 e. The highest BCUT2D eigenvalue weighted by molar-refractivity contribution is 7.92. The number of rotatable bonds is 4. The molecule has 0 unspecified atom stereocenters. The van der Waals surface area contributed by atoms with E-state index in [0.29, 0.717) is 16.5 Å². The molecule has 0 radical (unpaired) electrons. The summed E-state index contributed by atoms with van der Waals surface area (Å²) in [5.41, 5.74) is 5.62. The van der Waals surface area contributed by atoms with E-state index in [9.17, 15) is 8.42 Å². The standard InChI is InChI=1S/C11H11ClN4O3S/c1-19-10-4-7(2-3-9(10)12)16-20(17,18)8-5-14-11(13)15-6-8/h2-6,16H,1H3,(H2,13,14,15). The maximum absolute atomic E-state index is 12.1. The summed E-state index contributed by atoms with van der Waals surface area (Å²) in [6, 6.07) is 4.51. The molecule has 0 saturated heterocycles. The molecule has 1 aromatic heterocycles. The Balaban J connectivity index is 2.30. The predicted octanol–water partition coefficient (Wildman–Crippen LogP) is 1.52. The average Bonchev–Trinajstić information content (AvgIpc) is 2.41. The topological polar surface area (TPSA) is 107 Å². The lowest BCUT2D eigenvalue weighted by Gasteiger charge is -2.09. The van der Waals surface area contributed by atoms with Crippen molar-refractivity contribution in [2.75, 3.05) is 17.6 Å². The zero-order valence-corrected chi connectivity index (χ0v) is 11.9. The molecule has 7 nitrogen and oxygen atoms in total. The highest BCUT2D eigenvalue weighted by Crippen LogP contribution is 2.28. The molecule has 3 N–H and O–H groups in total. The van der Waals surface area contributed by atoms with E-state index in [-0.39, 0.29) is 10.8 Å². The molecule has 2 rings (SSSR count). The van der Waals surface area contributed by atoms with E-state index in [4.69, 9.17) is 22.1 Å². The van der Waals surface area contributed by atoms with E-state index in [2.05, 4.69) is 14.7 Å². The fourth-order valence-corrected chi connectivity index (χ4v) is 2.54. The lowest BCUT2D eigenvalue weighted by atomic mass is 10.3. The molecule has 9 heteroatoms. The summed E-state index contributed by atoms with van der Waals surface area (Å²) in [4.78, 5) is 7.18. The number of benzene rings is 1. The van der Waals surface area contributed by atoms with Gasteiger partial charge in [-0.1, -0.05) is 11.6 Å². The van der Waals surface area contributed by atoms with E-state index in [1.54, 1.807) is 0 Å². The smallest absolute Gasteiger partial charge is 0.264 e. The van der Waals surface area contributed by atoms with Crippen LogP contribution >= 0.6 is 11.6 Å². The van der Waals surface area contributed by atoms with Gasteiger partial charge in [0.25, 0.3) is 10.0 Å². The third kappa shape index (κ3) is 3.09. The summed E-state index contributed by atoms with van der Waals surface area (Å²) in [7, 11) is -2.36. The van der Waals surface area contributed by atoms with Crippen LogP contribution in [-0.2, 0) is 10.0 Å². The molecule has 1 aromatic carbocycles. The van der Waals surface area contributed by atoms with Crippen LogP contribution in [0.5, 0.6) is 5.75 Å². The quantitative estimate of drug-likeness (QED) is 0.886. The van der Waals surface area contributed by atoms with Gasteiger partial charge in [0, 0.05) is 6.07 Å². The van der Waals surface area contributed by atoms with Crippen molar-refractivity contribution in [2.45, 2.75) is 4.90 Å². The number of ether oxygens (including phenoxy) is 1. The normalized spacial score (nSPS) is 11.1. The maximum atomic E-state index is 12.1. The minimum absolute atomic E-state index is 0.00267. The number of nitrogens with one attached hydrogen (secondary N) is 1. The van der Waals surface area contributed by atoms with Gasteiger partial charge in [-0.3, -0.25) is 4.72 Å². The van der Waals surface area contributed by atoms with E-state index in [0.717, 1.165) is 12.4 Å². The second-order valence-electron chi connectivity index (χ2n) is 3.73. The number of methoxy groups -OCH3 is 1. The number of nitrogens with zero attached hydrogens (tertiary/aromatic N) is 2. The third-order valence-electron chi connectivity index (χ3n) is 2.36. The zero-order chi connectivity index (χ0) is 14.8. The van der Waals surface area contributed by atoms with Crippen LogP contribution in [0.25, 0.3) is 0 Å². The Kier molecular flexibility index (Phi) is 3.96. The average molecular weight is 315 g/mol. The van der Waals surface area contributed by atoms with Gasteiger partial charge in [-0.15, -0.1) is 0 Å². The van der Waals surface area contributed by atoms with E-state index < -0.39 is 10.0 Å². The molecule has 0 bridgehead atoms. The van der Waals surface area contributed by atoms with Crippen molar-refractivity contribution in [1.29, 1.82) is 0 Å². The molecular formula is C11H11ClN4O3S. The first-order valence-corrected chi connectivity index (χ1v) is 7.22. The first kappa shape index (κ1) is 14.4. The van der Waals surface area contributed by atoms with Crippen molar-refractivity contribution in [3.05, 3.63) is 35.6 Å². The van der Waals surface area contributed by atoms with Gasteiger partial charge >= 0.3 is 0 Å². The molecule has 0 saturated carbocycles. The van der Waals surface area contributed by atoms with Crippen molar-refractivity contribution in [1.82, 2.24) is 9.97 Å². The van der Waals surface area contributed by atoms with Crippen molar-refractivity contribution in [2.24, 2.45) is 0 Å². The molecule has 0 aliphatic heterocycles. The Morgan fingerprint density at radius 3 is 2.55 bits per heavy atom. The highest BCUT2D eigenvalue weighted by Gasteiger charge is 2.16. The van der Waals surface area contributed by atoms with Crippen molar-refractivity contribution in [3.8, 4) is 5.75 Å². The lowest BCUT2D eigenvalue weighted by molar-refractivity contribution is 0.415. The van der Waals surface area contributed by atoms with Gasteiger partial charge in [-0.25, -0.2) is 18.4 Å². The van der Waals surface area contributed by atoms with Crippen molar-refractivity contribution >= 4 is 33.3 Å². The van der Waals surface area contributed by atoms with Crippen molar-refractivity contribution < 1.29 is 13.2 Å². The second kappa shape index (κ2) is 5.51. The summed E-state index contributed by atoms with van der Waals surface area (Å²) >= 11 is 5.87. The van der Waals surface area contributed by atoms with Gasteiger partial charge < -0.3 is 10.5 Å². The number of nitrogen functional groups attached to an aromatic ring is 1. The van der Waals surface area contributed by atoms with Crippen LogP contribution < -0.4 is 15.2 Å². The number of anilines is 2. The molecule has 0 atom stereocenters. The molecular weight excluding hydrogens is 304 g/mol. The van der Waals surface area contributed by atoms with Crippen LogP contribution in [0, 0.1) is 0 Å². The zero-order valence-electron chi connectivity index (χ0n) is 10.4. The SMILES string of the molecule is COc1cc(NS(=O)(=O)c2cnc(N)nc2)ccc1Cl. The molecule has 2 aromatic rings. The fourth-order valence-electron chi connectivity index (χ4n) is 1.40. The first-order chi connectivity index (χ1) is 9.42. The van der Waals surface area contributed by atoms with Crippen LogP contribution in [0.2, 0.25) is 5.02 Å². The Hall–Kier alpha value is -2.06. The summed E-state index contributed by atoms with van der Waals surface area (Å²) in [6.07, 6.45) is 2.25. The summed E-state index contributed by atoms with van der Waals surface area (Å²) in [6.45, 7) is 0. The van der Waals surface area contributed by atoms with Gasteiger partial charge in [-0.2, -0.15) is 0 Å². The van der Waals surface area contributed by atoms with Gasteiger partial charge in [0.1, 0.15) is 10.6 Å². The van der Waals surface area contributed by atoms with Gasteiger partial charge in [0.15, 0.2) is 0 Å². The minimum Gasteiger partial charge on any atom is -0.495 e. The van der Waals surface area contributed by atoms with E-state index >= 15 is 0 Å². The number of hydrogen-bond acceptors (Lipinski definition) is 6. The van der Waals surface area contributed by atoms with Gasteiger partial charge in [0.2, 0.25) is 5.95 Å². The third-order valence-corrected chi connectivity index (χ3v) is 4.01. The molecule has 0 aliphatic rings. The second-order valence-corrected chi connectivity index (χ2v) is 5.82.